The van der Waals surface area contributed by atoms with Crippen LogP contribution in [0.3, 0.4) is 0 Å². The van der Waals surface area contributed by atoms with Crippen LogP contribution in [0.15, 0.2) is 24.3 Å². The normalized spacial score (nSPS) is 12.6. The van der Waals surface area contributed by atoms with E-state index in [0.717, 1.165) is 10.9 Å². The van der Waals surface area contributed by atoms with Crippen molar-refractivity contribution < 1.29 is 14.6 Å². The molecule has 0 aliphatic carbocycles. The van der Waals surface area contributed by atoms with Gasteiger partial charge in [-0.25, -0.2) is 0 Å². The highest BCUT2D eigenvalue weighted by atomic mass is 16.5. The number of nitrogens with zero attached hydrogens (tertiary/aromatic N) is 1. The number of hydrogen-bond acceptors (Lipinski definition) is 4. The van der Waals surface area contributed by atoms with Crippen LogP contribution in [0.5, 0.6) is 0 Å². The van der Waals surface area contributed by atoms with Gasteiger partial charge in [0.15, 0.2) is 0 Å². The Morgan fingerprint density at radius 2 is 2.25 bits per heavy atom. The minimum Gasteiger partial charge on any atom is -0.399 e. The lowest BCUT2D eigenvalue weighted by Gasteiger charge is -2.19. The maximum Gasteiger partial charge on any atom is 0.270 e. The highest BCUT2D eigenvalue weighted by Crippen LogP contribution is 2.19. The molecule has 0 fully saturated rings. The summed E-state index contributed by atoms with van der Waals surface area (Å²) in [5.41, 5.74) is 7.69. The number of anilines is 1. The summed E-state index contributed by atoms with van der Waals surface area (Å²) in [5.74, 6) is -0.185. The summed E-state index contributed by atoms with van der Waals surface area (Å²) in [4.78, 5) is 16.8. The second kappa shape index (κ2) is 5.94. The number of nitrogens with two attached hydrogens (primary N) is 1. The van der Waals surface area contributed by atoms with Gasteiger partial charge >= 0.3 is 0 Å². The highest BCUT2D eigenvalue weighted by molar-refractivity contribution is 5.98. The van der Waals surface area contributed by atoms with E-state index >= 15 is 0 Å². The Hall–Kier alpha value is -2.05. The fraction of sp³-hybridized carbons (Fsp3) is 0.357. The van der Waals surface area contributed by atoms with Crippen LogP contribution in [-0.4, -0.2) is 54.3 Å². The van der Waals surface area contributed by atoms with Crippen LogP contribution in [-0.2, 0) is 4.74 Å². The Bertz CT molecular complexity index is 609. The van der Waals surface area contributed by atoms with Gasteiger partial charge in [0.25, 0.3) is 5.91 Å². The average Bonchev–Trinajstić information content (AvgIpc) is 2.80. The third-order valence-corrected chi connectivity index (χ3v) is 3.07. The third-order valence-electron chi connectivity index (χ3n) is 3.07. The van der Waals surface area contributed by atoms with Gasteiger partial charge < -0.3 is 25.5 Å². The van der Waals surface area contributed by atoms with Gasteiger partial charge in [0.05, 0.1) is 12.7 Å². The number of nitrogens with one attached hydrogen (secondary N) is 1. The van der Waals surface area contributed by atoms with Crippen molar-refractivity contribution in [3.05, 3.63) is 30.0 Å². The number of amides is 1. The fourth-order valence-corrected chi connectivity index (χ4v) is 2.12. The van der Waals surface area contributed by atoms with E-state index in [1.807, 2.05) is 12.1 Å². The number of aromatic nitrogens is 1. The third kappa shape index (κ3) is 3.09. The second-order valence-corrected chi connectivity index (χ2v) is 4.82. The first-order valence-corrected chi connectivity index (χ1v) is 6.32. The van der Waals surface area contributed by atoms with Crippen molar-refractivity contribution in [3.8, 4) is 0 Å². The fourth-order valence-electron chi connectivity index (χ4n) is 2.12. The van der Waals surface area contributed by atoms with Gasteiger partial charge in [-0.15, -0.1) is 0 Å². The summed E-state index contributed by atoms with van der Waals surface area (Å²) in [7, 11) is 3.15. The molecular formula is C14H19N3O3. The van der Waals surface area contributed by atoms with Crippen LogP contribution in [0.2, 0.25) is 0 Å². The Labute approximate surface area is 117 Å². The molecule has 0 spiro atoms. The topological polar surface area (TPSA) is 91.6 Å². The van der Waals surface area contributed by atoms with E-state index in [1.165, 1.54) is 12.0 Å². The Balaban J connectivity index is 2.14. The molecule has 0 aliphatic heterocycles. The summed E-state index contributed by atoms with van der Waals surface area (Å²) >= 11 is 0. The highest BCUT2D eigenvalue weighted by Gasteiger charge is 2.17. The molecule has 1 aromatic carbocycles. The molecule has 1 aromatic heterocycles. The van der Waals surface area contributed by atoms with Crippen LogP contribution in [0.25, 0.3) is 10.9 Å². The number of methoxy groups -OCH3 is 1. The van der Waals surface area contributed by atoms with E-state index in [0.29, 0.717) is 11.4 Å². The van der Waals surface area contributed by atoms with E-state index in [1.54, 1.807) is 19.2 Å². The van der Waals surface area contributed by atoms with E-state index in [2.05, 4.69) is 4.98 Å². The van der Waals surface area contributed by atoms with Crippen LogP contribution in [0, 0.1) is 0 Å². The lowest BCUT2D eigenvalue weighted by atomic mass is 10.2. The zero-order chi connectivity index (χ0) is 14.7. The van der Waals surface area contributed by atoms with Crippen molar-refractivity contribution in [3.63, 3.8) is 0 Å². The van der Waals surface area contributed by atoms with Gasteiger partial charge in [0.1, 0.15) is 5.69 Å². The molecule has 6 nitrogen and oxygen atoms in total. The number of nitrogen functional groups attached to an aromatic ring is 1. The van der Waals surface area contributed by atoms with Crippen molar-refractivity contribution in [1.82, 2.24) is 9.88 Å². The number of aliphatic hydroxyl groups is 1. The van der Waals surface area contributed by atoms with Gasteiger partial charge in [0, 0.05) is 37.3 Å². The summed E-state index contributed by atoms with van der Waals surface area (Å²) in [6, 6.07) is 7.18. The zero-order valence-electron chi connectivity index (χ0n) is 11.6. The quantitative estimate of drug-likeness (QED) is 0.706. The molecule has 0 bridgehead atoms. The van der Waals surface area contributed by atoms with Crippen molar-refractivity contribution in [2.45, 2.75) is 6.10 Å². The Kier molecular flexibility index (Phi) is 4.26. The first-order valence-electron chi connectivity index (χ1n) is 6.32. The number of rotatable bonds is 5. The molecule has 0 saturated heterocycles. The van der Waals surface area contributed by atoms with Crippen LogP contribution in [0.1, 0.15) is 10.5 Å². The molecule has 20 heavy (non-hydrogen) atoms. The summed E-state index contributed by atoms with van der Waals surface area (Å²) in [5, 5.41) is 10.5. The van der Waals surface area contributed by atoms with Gasteiger partial charge in [-0.3, -0.25) is 4.79 Å². The first-order chi connectivity index (χ1) is 9.51. The van der Waals surface area contributed by atoms with E-state index in [9.17, 15) is 9.90 Å². The maximum atomic E-state index is 12.3. The number of benzene rings is 1. The van der Waals surface area contributed by atoms with E-state index in [4.69, 9.17) is 10.5 Å². The molecule has 2 aromatic rings. The van der Waals surface area contributed by atoms with Crippen LogP contribution < -0.4 is 5.73 Å². The lowest BCUT2D eigenvalue weighted by molar-refractivity contribution is 0.0378. The number of hydrogen-bond donors (Lipinski definition) is 3. The minimum absolute atomic E-state index is 0.185. The number of carbonyl (C=O) groups excluding carboxylic acids is 1. The van der Waals surface area contributed by atoms with Gasteiger partial charge in [-0.1, -0.05) is 0 Å². The zero-order valence-corrected chi connectivity index (χ0v) is 11.6. The standard InChI is InChI=1S/C14H19N3O3/c1-17(7-11(18)8-20-2)14(19)13-6-9-5-10(15)3-4-12(9)16-13/h3-6,11,16,18H,7-8,15H2,1-2H3. The summed E-state index contributed by atoms with van der Waals surface area (Å²) < 4.78 is 4.84. The van der Waals surface area contributed by atoms with Gasteiger partial charge in [-0.05, 0) is 24.3 Å². The predicted molar refractivity (Wildman–Crippen MR) is 77.6 cm³/mol. The predicted octanol–water partition coefficient (Wildman–Crippen LogP) is 0.829. The Morgan fingerprint density at radius 3 is 2.95 bits per heavy atom. The first kappa shape index (κ1) is 14.4. The molecule has 1 heterocycles. The molecular weight excluding hydrogens is 258 g/mol. The van der Waals surface area contributed by atoms with Crippen LogP contribution in [0.4, 0.5) is 5.69 Å². The van der Waals surface area contributed by atoms with Crippen LogP contribution >= 0.6 is 0 Å². The molecule has 2 rings (SSSR count). The second-order valence-electron chi connectivity index (χ2n) is 4.82. The number of H-pyrrole nitrogens is 1. The summed E-state index contributed by atoms with van der Waals surface area (Å²) in [6.45, 7) is 0.408. The molecule has 1 unspecified atom stereocenters. The van der Waals surface area contributed by atoms with Crippen molar-refractivity contribution in [2.24, 2.45) is 0 Å². The average molecular weight is 277 g/mol. The SMILES string of the molecule is COCC(O)CN(C)C(=O)c1cc2cc(N)ccc2[nH]1. The largest absolute Gasteiger partial charge is 0.399 e. The number of likely N-dealkylation sites (N-methyl/N-ethyl adjacent to an activating group) is 1. The van der Waals surface area contributed by atoms with Crippen molar-refractivity contribution in [2.75, 3.05) is 33.0 Å². The molecule has 6 heteroatoms. The van der Waals surface area contributed by atoms with Crippen molar-refractivity contribution in [1.29, 1.82) is 0 Å². The molecule has 108 valence electrons. The maximum absolute atomic E-state index is 12.3. The number of ether oxygens (including phenoxy) is 1. The number of carbonyl (C=O) groups is 1. The van der Waals surface area contributed by atoms with Gasteiger partial charge in [-0.2, -0.15) is 0 Å². The molecule has 1 atom stereocenters. The molecule has 4 N–H and O–H groups in total. The monoisotopic (exact) mass is 277 g/mol. The van der Waals surface area contributed by atoms with Crippen molar-refractivity contribution >= 4 is 22.5 Å². The smallest absolute Gasteiger partial charge is 0.270 e. The minimum atomic E-state index is -0.700. The lowest BCUT2D eigenvalue weighted by Crippen LogP contribution is -2.36. The van der Waals surface area contributed by atoms with E-state index in [-0.39, 0.29) is 19.1 Å². The summed E-state index contributed by atoms with van der Waals surface area (Å²) in [6.07, 6.45) is -0.700. The molecule has 0 aliphatic rings. The molecule has 1 amide bonds. The number of fused-ring (bicyclic) bond motifs is 1. The molecule has 0 saturated carbocycles. The Morgan fingerprint density at radius 1 is 1.50 bits per heavy atom. The van der Waals surface area contributed by atoms with E-state index < -0.39 is 6.10 Å². The van der Waals surface area contributed by atoms with Gasteiger partial charge in [0.2, 0.25) is 0 Å². The molecule has 0 radical (unpaired) electrons. The number of aliphatic hydroxyl groups excluding tert-OH is 1. The number of aromatic amines is 1.